The predicted octanol–water partition coefficient (Wildman–Crippen LogP) is 4.25. The number of aliphatic imine (C=N–C) groups is 1. The van der Waals surface area contributed by atoms with Gasteiger partial charge in [0.05, 0.1) is 5.70 Å². The van der Waals surface area contributed by atoms with Crippen LogP contribution in [0.1, 0.15) is 18.4 Å². The second-order valence-corrected chi connectivity index (χ2v) is 4.84. The van der Waals surface area contributed by atoms with E-state index in [2.05, 4.69) is 65.9 Å². The van der Waals surface area contributed by atoms with Crippen LogP contribution in [0.3, 0.4) is 0 Å². The highest BCUT2D eigenvalue weighted by molar-refractivity contribution is 5.77. The van der Waals surface area contributed by atoms with Crippen molar-refractivity contribution in [1.29, 1.82) is 0 Å². The summed E-state index contributed by atoms with van der Waals surface area (Å²) in [5, 5.41) is 0. The molecule has 0 saturated carbocycles. The molecule has 0 amide bonds. The van der Waals surface area contributed by atoms with Crippen LogP contribution in [0.15, 0.2) is 65.7 Å². The van der Waals surface area contributed by atoms with E-state index in [1.807, 2.05) is 6.07 Å². The first-order valence-corrected chi connectivity index (χ1v) is 6.56. The van der Waals surface area contributed by atoms with Crippen molar-refractivity contribution in [3.63, 3.8) is 0 Å². The third kappa shape index (κ3) is 2.35. The quantitative estimate of drug-likeness (QED) is 0.726. The molecule has 18 heavy (non-hydrogen) atoms. The van der Waals surface area contributed by atoms with Crippen molar-refractivity contribution in [2.24, 2.45) is 16.8 Å². The lowest BCUT2D eigenvalue weighted by atomic mass is 9.83. The molecule has 2 unspecified atom stereocenters. The van der Waals surface area contributed by atoms with Gasteiger partial charge in [0, 0.05) is 6.21 Å². The van der Waals surface area contributed by atoms with Crippen LogP contribution in [0.2, 0.25) is 0 Å². The molecule has 3 rings (SSSR count). The fourth-order valence-electron chi connectivity index (χ4n) is 2.58. The summed E-state index contributed by atoms with van der Waals surface area (Å²) < 4.78 is 0. The number of hydrogen-bond acceptors (Lipinski definition) is 1. The minimum Gasteiger partial charge on any atom is -0.261 e. The van der Waals surface area contributed by atoms with E-state index in [1.54, 1.807) is 0 Å². The lowest BCUT2D eigenvalue weighted by Gasteiger charge is -2.24. The second kappa shape index (κ2) is 5.18. The Balaban J connectivity index is 1.83. The Morgan fingerprint density at radius 2 is 1.83 bits per heavy atom. The summed E-state index contributed by atoms with van der Waals surface area (Å²) in [4.78, 5) is 4.54. The zero-order chi connectivity index (χ0) is 12.2. The number of nitrogens with zero attached hydrogens (tertiary/aromatic N) is 1. The molecule has 1 heterocycles. The summed E-state index contributed by atoms with van der Waals surface area (Å²) in [6.45, 7) is 0. The summed E-state index contributed by atoms with van der Waals surface area (Å²) in [5.74, 6) is 1.21. The Kier molecular flexibility index (Phi) is 3.22. The van der Waals surface area contributed by atoms with Crippen molar-refractivity contribution in [2.45, 2.75) is 12.8 Å². The standard InChI is InChI=1S/C17H17N/c1-3-7-14(8-4-1)16-11-12-18-17(13-16)15-9-5-2-6-10-15/h1-7,9-10,12-14,16H,8,11H2. The summed E-state index contributed by atoms with van der Waals surface area (Å²) in [6.07, 6.45) is 15.5. The number of hydrogen-bond donors (Lipinski definition) is 0. The first-order chi connectivity index (χ1) is 8.93. The molecule has 0 N–H and O–H groups in total. The van der Waals surface area contributed by atoms with E-state index in [9.17, 15) is 0 Å². The van der Waals surface area contributed by atoms with Crippen molar-refractivity contribution in [3.05, 3.63) is 66.3 Å². The largest absolute Gasteiger partial charge is 0.261 e. The van der Waals surface area contributed by atoms with Crippen LogP contribution in [0.25, 0.3) is 5.70 Å². The summed E-state index contributed by atoms with van der Waals surface area (Å²) in [7, 11) is 0. The lowest BCUT2D eigenvalue weighted by molar-refractivity contribution is 0.491. The molecule has 1 aromatic rings. The zero-order valence-corrected chi connectivity index (χ0v) is 10.4. The SMILES string of the molecule is C1=CCC(C2C=C(c3ccccc3)N=CC2)C=C1. The Morgan fingerprint density at radius 1 is 0.944 bits per heavy atom. The van der Waals surface area contributed by atoms with E-state index >= 15 is 0 Å². The van der Waals surface area contributed by atoms with Crippen molar-refractivity contribution >= 4 is 11.9 Å². The molecular formula is C17H17N. The van der Waals surface area contributed by atoms with E-state index in [0.29, 0.717) is 11.8 Å². The molecule has 2 aliphatic rings. The van der Waals surface area contributed by atoms with E-state index in [4.69, 9.17) is 0 Å². The average Bonchev–Trinajstić information content (AvgIpc) is 2.49. The van der Waals surface area contributed by atoms with E-state index in [1.165, 1.54) is 5.56 Å². The van der Waals surface area contributed by atoms with E-state index in [0.717, 1.165) is 18.5 Å². The highest BCUT2D eigenvalue weighted by Gasteiger charge is 2.19. The molecule has 0 saturated heterocycles. The molecule has 1 heteroatoms. The molecule has 1 nitrogen and oxygen atoms in total. The van der Waals surface area contributed by atoms with Crippen LogP contribution in [0.5, 0.6) is 0 Å². The van der Waals surface area contributed by atoms with Gasteiger partial charge in [-0.25, -0.2) is 0 Å². The van der Waals surface area contributed by atoms with Crippen molar-refractivity contribution in [2.75, 3.05) is 0 Å². The van der Waals surface area contributed by atoms with Crippen LogP contribution in [-0.4, -0.2) is 6.21 Å². The summed E-state index contributed by atoms with van der Waals surface area (Å²) in [6, 6.07) is 10.4. The molecule has 90 valence electrons. The van der Waals surface area contributed by atoms with Gasteiger partial charge < -0.3 is 0 Å². The van der Waals surface area contributed by atoms with Gasteiger partial charge in [0.2, 0.25) is 0 Å². The Bertz CT molecular complexity index is 520. The van der Waals surface area contributed by atoms with Crippen molar-refractivity contribution < 1.29 is 0 Å². The molecule has 1 aliphatic heterocycles. The Labute approximate surface area is 108 Å². The smallest absolute Gasteiger partial charge is 0.0661 e. The monoisotopic (exact) mass is 235 g/mol. The topological polar surface area (TPSA) is 12.4 Å². The van der Waals surface area contributed by atoms with Crippen LogP contribution in [0, 0.1) is 11.8 Å². The van der Waals surface area contributed by atoms with Gasteiger partial charge >= 0.3 is 0 Å². The molecule has 0 radical (unpaired) electrons. The maximum atomic E-state index is 4.54. The Morgan fingerprint density at radius 3 is 2.61 bits per heavy atom. The maximum Gasteiger partial charge on any atom is 0.0661 e. The first-order valence-electron chi connectivity index (χ1n) is 6.56. The minimum atomic E-state index is 0.582. The molecule has 0 bridgehead atoms. The van der Waals surface area contributed by atoms with Crippen molar-refractivity contribution in [1.82, 2.24) is 0 Å². The summed E-state index contributed by atoms with van der Waals surface area (Å²) >= 11 is 0. The highest BCUT2D eigenvalue weighted by Crippen LogP contribution is 2.31. The van der Waals surface area contributed by atoms with Crippen LogP contribution >= 0.6 is 0 Å². The van der Waals surface area contributed by atoms with Crippen LogP contribution in [-0.2, 0) is 0 Å². The number of rotatable bonds is 2. The van der Waals surface area contributed by atoms with Gasteiger partial charge in [0.15, 0.2) is 0 Å². The molecule has 1 aliphatic carbocycles. The Hall–Kier alpha value is -1.89. The second-order valence-electron chi connectivity index (χ2n) is 4.84. The predicted molar refractivity (Wildman–Crippen MR) is 77.4 cm³/mol. The number of allylic oxidation sites excluding steroid dienone is 5. The lowest BCUT2D eigenvalue weighted by Crippen LogP contribution is -2.14. The van der Waals surface area contributed by atoms with Crippen LogP contribution in [0.4, 0.5) is 0 Å². The zero-order valence-electron chi connectivity index (χ0n) is 10.4. The fraction of sp³-hybridized carbons (Fsp3) is 0.235. The number of benzene rings is 1. The molecule has 0 aromatic heterocycles. The van der Waals surface area contributed by atoms with Gasteiger partial charge in [0.25, 0.3) is 0 Å². The van der Waals surface area contributed by atoms with Gasteiger partial charge in [0.1, 0.15) is 0 Å². The molecule has 0 fully saturated rings. The normalized spacial score (nSPS) is 26.1. The third-order valence-electron chi connectivity index (χ3n) is 3.61. The van der Waals surface area contributed by atoms with Gasteiger partial charge in [-0.15, -0.1) is 0 Å². The molecule has 2 atom stereocenters. The van der Waals surface area contributed by atoms with Gasteiger partial charge in [-0.05, 0) is 30.2 Å². The molecular weight excluding hydrogens is 218 g/mol. The average molecular weight is 235 g/mol. The third-order valence-corrected chi connectivity index (χ3v) is 3.61. The minimum absolute atomic E-state index is 0.582. The summed E-state index contributed by atoms with van der Waals surface area (Å²) in [5.41, 5.74) is 2.34. The molecule has 1 aromatic carbocycles. The van der Waals surface area contributed by atoms with E-state index < -0.39 is 0 Å². The van der Waals surface area contributed by atoms with Gasteiger partial charge in [-0.3, -0.25) is 4.99 Å². The highest BCUT2D eigenvalue weighted by atomic mass is 14.7. The van der Waals surface area contributed by atoms with Crippen molar-refractivity contribution in [3.8, 4) is 0 Å². The first kappa shape index (κ1) is 11.2. The van der Waals surface area contributed by atoms with Gasteiger partial charge in [-0.2, -0.15) is 0 Å². The molecule has 0 spiro atoms. The van der Waals surface area contributed by atoms with E-state index in [-0.39, 0.29) is 0 Å². The maximum absolute atomic E-state index is 4.54. The van der Waals surface area contributed by atoms with Gasteiger partial charge in [-0.1, -0.05) is 60.7 Å². The fourth-order valence-corrected chi connectivity index (χ4v) is 2.58. The van der Waals surface area contributed by atoms with Crippen LogP contribution < -0.4 is 0 Å².